The van der Waals surface area contributed by atoms with E-state index >= 15 is 0 Å². The molecule has 3 aromatic rings. The maximum Gasteiger partial charge on any atom is 0.134 e. The molecule has 0 aliphatic carbocycles. The molecule has 1 aromatic carbocycles. The largest absolute Gasteiger partial charge is 0.383 e. The summed E-state index contributed by atoms with van der Waals surface area (Å²) in [5.74, 6) is 0.264. The van der Waals surface area contributed by atoms with Crippen molar-refractivity contribution >= 4 is 56.2 Å². The lowest BCUT2D eigenvalue weighted by atomic mass is 10.2. The molecule has 2 N–H and O–H groups in total. The fourth-order valence-electron chi connectivity index (χ4n) is 1.91. The number of halogens is 3. The lowest BCUT2D eigenvalue weighted by Crippen LogP contribution is -2.14. The summed E-state index contributed by atoms with van der Waals surface area (Å²) in [6.07, 6.45) is 3.39. The van der Waals surface area contributed by atoms with Crippen LogP contribution in [0.4, 0.5) is 5.69 Å². The third-order valence-corrected chi connectivity index (χ3v) is 4.06. The Balaban J connectivity index is 2.11. The Morgan fingerprint density at radius 3 is 2.81 bits per heavy atom. The summed E-state index contributed by atoms with van der Waals surface area (Å²) in [5.41, 5.74) is 7.94. The van der Waals surface area contributed by atoms with Crippen molar-refractivity contribution in [1.82, 2.24) is 9.61 Å². The molecule has 0 fully saturated rings. The molecule has 21 heavy (non-hydrogen) atoms. The highest BCUT2D eigenvalue weighted by Gasteiger charge is 2.12. The first kappa shape index (κ1) is 14.4. The van der Waals surface area contributed by atoms with Crippen LogP contribution in [0.5, 0.6) is 0 Å². The maximum atomic E-state index is 6.38. The van der Waals surface area contributed by atoms with E-state index in [2.05, 4.69) is 26.0 Å². The molecular formula is C14H9BrCl2N4. The molecule has 3 rings (SSSR count). The van der Waals surface area contributed by atoms with E-state index in [-0.39, 0.29) is 5.84 Å². The third kappa shape index (κ3) is 2.77. The molecule has 7 heteroatoms. The van der Waals surface area contributed by atoms with Crippen LogP contribution in [-0.2, 0) is 0 Å². The monoisotopic (exact) mass is 382 g/mol. The minimum Gasteiger partial charge on any atom is -0.383 e. The Hall–Kier alpha value is -1.56. The van der Waals surface area contributed by atoms with Crippen molar-refractivity contribution in [3.8, 4) is 0 Å². The van der Waals surface area contributed by atoms with Gasteiger partial charge in [-0.2, -0.15) is 5.10 Å². The van der Waals surface area contributed by atoms with Crippen molar-refractivity contribution in [1.29, 1.82) is 0 Å². The molecule has 2 aromatic heterocycles. The SMILES string of the molecule is NC(=Nc1ccccc1Cl)c1cnn2cc(Br)cc2c1Cl. The molecule has 0 saturated heterocycles. The van der Waals surface area contributed by atoms with Gasteiger partial charge in [0.25, 0.3) is 0 Å². The quantitative estimate of drug-likeness (QED) is 0.525. The van der Waals surface area contributed by atoms with Gasteiger partial charge in [-0.3, -0.25) is 0 Å². The first-order valence-electron chi connectivity index (χ1n) is 5.97. The number of hydrogen-bond donors (Lipinski definition) is 1. The number of rotatable bonds is 2. The standard InChI is InChI=1S/C14H9BrCl2N4/c15-8-5-12-13(17)9(6-19-21(12)7-8)14(18)20-11-4-2-1-3-10(11)16/h1-7H,(H2,18,20). The van der Waals surface area contributed by atoms with Gasteiger partial charge in [-0.15, -0.1) is 0 Å². The molecule has 0 aliphatic heterocycles. The second kappa shape index (κ2) is 5.67. The molecule has 0 spiro atoms. The number of benzene rings is 1. The zero-order valence-electron chi connectivity index (χ0n) is 10.6. The topological polar surface area (TPSA) is 55.7 Å². The second-order valence-electron chi connectivity index (χ2n) is 4.31. The number of hydrogen-bond acceptors (Lipinski definition) is 2. The smallest absolute Gasteiger partial charge is 0.134 e. The number of nitrogens with two attached hydrogens (primary N) is 1. The van der Waals surface area contributed by atoms with Crippen molar-refractivity contribution < 1.29 is 0 Å². The van der Waals surface area contributed by atoms with Crippen LogP contribution in [0.15, 0.2) is 52.2 Å². The van der Waals surface area contributed by atoms with Crippen LogP contribution in [0.1, 0.15) is 5.56 Å². The molecule has 0 amide bonds. The number of para-hydroxylation sites is 1. The van der Waals surface area contributed by atoms with Crippen LogP contribution in [0.3, 0.4) is 0 Å². The van der Waals surface area contributed by atoms with Crippen LogP contribution in [0.25, 0.3) is 5.52 Å². The first-order valence-corrected chi connectivity index (χ1v) is 7.52. The van der Waals surface area contributed by atoms with Gasteiger partial charge in [0.15, 0.2) is 0 Å². The Morgan fingerprint density at radius 2 is 2.05 bits per heavy atom. The minimum absolute atomic E-state index is 0.264. The molecule has 0 atom stereocenters. The summed E-state index contributed by atoms with van der Waals surface area (Å²) >= 11 is 15.8. The van der Waals surface area contributed by atoms with Gasteiger partial charge in [-0.05, 0) is 34.1 Å². The van der Waals surface area contributed by atoms with Gasteiger partial charge in [0.05, 0.1) is 33.0 Å². The van der Waals surface area contributed by atoms with Gasteiger partial charge in [0.2, 0.25) is 0 Å². The highest BCUT2D eigenvalue weighted by molar-refractivity contribution is 9.10. The van der Waals surface area contributed by atoms with E-state index in [0.717, 1.165) is 9.99 Å². The van der Waals surface area contributed by atoms with Crippen molar-refractivity contribution in [3.05, 3.63) is 62.8 Å². The van der Waals surface area contributed by atoms with E-state index in [1.807, 2.05) is 24.4 Å². The van der Waals surface area contributed by atoms with E-state index < -0.39 is 0 Å². The summed E-state index contributed by atoms with van der Waals surface area (Å²) < 4.78 is 2.55. The van der Waals surface area contributed by atoms with Gasteiger partial charge in [-0.25, -0.2) is 9.51 Å². The van der Waals surface area contributed by atoms with Gasteiger partial charge >= 0.3 is 0 Å². The fraction of sp³-hybridized carbons (Fsp3) is 0. The fourth-order valence-corrected chi connectivity index (χ4v) is 2.78. The van der Waals surface area contributed by atoms with E-state index in [4.69, 9.17) is 28.9 Å². The molecular weight excluding hydrogens is 375 g/mol. The van der Waals surface area contributed by atoms with Crippen molar-refractivity contribution in [2.24, 2.45) is 10.7 Å². The zero-order chi connectivity index (χ0) is 15.0. The van der Waals surface area contributed by atoms with Crippen LogP contribution in [-0.4, -0.2) is 15.4 Å². The van der Waals surface area contributed by atoms with Crippen molar-refractivity contribution in [2.75, 3.05) is 0 Å². The van der Waals surface area contributed by atoms with E-state index in [1.54, 1.807) is 22.8 Å². The van der Waals surface area contributed by atoms with Crippen LogP contribution < -0.4 is 5.73 Å². The third-order valence-electron chi connectivity index (χ3n) is 2.91. The lowest BCUT2D eigenvalue weighted by molar-refractivity contribution is 0.937. The molecule has 0 saturated carbocycles. The lowest BCUT2D eigenvalue weighted by Gasteiger charge is -2.06. The van der Waals surface area contributed by atoms with Crippen LogP contribution in [0.2, 0.25) is 10.0 Å². The summed E-state index contributed by atoms with van der Waals surface area (Å²) in [4.78, 5) is 4.32. The summed E-state index contributed by atoms with van der Waals surface area (Å²) in [6, 6.07) is 9.06. The summed E-state index contributed by atoms with van der Waals surface area (Å²) in [7, 11) is 0. The van der Waals surface area contributed by atoms with Gasteiger partial charge in [0, 0.05) is 10.7 Å². The second-order valence-corrected chi connectivity index (χ2v) is 6.01. The number of fused-ring (bicyclic) bond motifs is 1. The van der Waals surface area contributed by atoms with Crippen molar-refractivity contribution in [2.45, 2.75) is 0 Å². The predicted octanol–water partition coefficient (Wildman–Crippen LogP) is 4.44. The molecule has 2 heterocycles. The Bertz CT molecular complexity index is 857. The van der Waals surface area contributed by atoms with Crippen LogP contribution >= 0.6 is 39.1 Å². The summed E-state index contributed by atoms with van der Waals surface area (Å²) in [6.45, 7) is 0. The average Bonchev–Trinajstić information content (AvgIpc) is 2.83. The predicted molar refractivity (Wildman–Crippen MR) is 89.7 cm³/mol. The van der Waals surface area contributed by atoms with Crippen LogP contribution in [0, 0.1) is 0 Å². The number of aliphatic imine (C=N–C) groups is 1. The molecule has 0 radical (unpaired) electrons. The molecule has 106 valence electrons. The minimum atomic E-state index is 0.264. The Kier molecular flexibility index (Phi) is 3.89. The molecule has 0 aliphatic rings. The molecule has 4 nitrogen and oxygen atoms in total. The van der Waals surface area contributed by atoms with Crippen molar-refractivity contribution in [3.63, 3.8) is 0 Å². The average molecular weight is 384 g/mol. The van der Waals surface area contributed by atoms with Gasteiger partial charge < -0.3 is 5.73 Å². The van der Waals surface area contributed by atoms with E-state index in [1.165, 1.54) is 0 Å². The normalized spacial score (nSPS) is 12.0. The molecule has 0 unspecified atom stereocenters. The number of aromatic nitrogens is 2. The van der Waals surface area contributed by atoms with Gasteiger partial charge in [-0.1, -0.05) is 35.3 Å². The van der Waals surface area contributed by atoms with E-state index in [0.29, 0.717) is 21.3 Å². The van der Waals surface area contributed by atoms with E-state index in [9.17, 15) is 0 Å². The highest BCUT2D eigenvalue weighted by atomic mass is 79.9. The number of nitrogens with zero attached hydrogens (tertiary/aromatic N) is 3. The van der Waals surface area contributed by atoms with Gasteiger partial charge in [0.1, 0.15) is 5.84 Å². The molecule has 0 bridgehead atoms. The Labute approximate surface area is 139 Å². The highest BCUT2D eigenvalue weighted by Crippen LogP contribution is 2.27. The zero-order valence-corrected chi connectivity index (χ0v) is 13.7. The Morgan fingerprint density at radius 1 is 1.29 bits per heavy atom. The first-order chi connectivity index (χ1) is 10.1. The maximum absolute atomic E-state index is 6.38. The summed E-state index contributed by atoms with van der Waals surface area (Å²) in [5, 5.41) is 5.27. The number of amidine groups is 1.